The van der Waals surface area contributed by atoms with Crippen molar-refractivity contribution in [3.8, 4) is 10.6 Å². The Bertz CT molecular complexity index is 1020. The van der Waals surface area contributed by atoms with Gasteiger partial charge in [0.25, 0.3) is 5.91 Å². The summed E-state index contributed by atoms with van der Waals surface area (Å²) in [6.45, 7) is 5.61. The van der Waals surface area contributed by atoms with Crippen molar-refractivity contribution in [1.82, 2.24) is 10.3 Å². The van der Waals surface area contributed by atoms with E-state index in [1.54, 1.807) is 12.1 Å². The van der Waals surface area contributed by atoms with E-state index in [1.165, 1.54) is 11.3 Å². The van der Waals surface area contributed by atoms with Crippen LogP contribution in [0.2, 0.25) is 4.34 Å². The standard InChI is InChI=1S/C21H21ClN2O3S/c1-12(2)13(3)23-20(25)11-27-21(26)15-10-17(18-8-9-19(22)28-18)24-16-7-5-4-6-14(15)16/h4-10,12-13H,11H2,1-3H3,(H,23,25)/t13-/m0/s1. The van der Waals surface area contributed by atoms with E-state index < -0.39 is 5.97 Å². The average Bonchev–Trinajstić information content (AvgIpc) is 3.11. The van der Waals surface area contributed by atoms with Gasteiger partial charge in [-0.2, -0.15) is 0 Å². The van der Waals surface area contributed by atoms with Gasteiger partial charge in [0.15, 0.2) is 6.61 Å². The maximum absolute atomic E-state index is 12.7. The van der Waals surface area contributed by atoms with Crippen LogP contribution in [0.1, 0.15) is 31.1 Å². The van der Waals surface area contributed by atoms with Gasteiger partial charge in [0.1, 0.15) is 0 Å². The molecule has 1 amide bonds. The zero-order chi connectivity index (χ0) is 20.3. The number of rotatable bonds is 6. The number of nitrogens with zero attached hydrogens (tertiary/aromatic N) is 1. The van der Waals surface area contributed by atoms with Gasteiger partial charge in [-0.05, 0) is 37.1 Å². The second-order valence-corrected chi connectivity index (χ2v) is 8.57. The van der Waals surface area contributed by atoms with Crippen LogP contribution in [0.4, 0.5) is 0 Å². The van der Waals surface area contributed by atoms with E-state index >= 15 is 0 Å². The normalized spacial score (nSPS) is 12.2. The number of amides is 1. The van der Waals surface area contributed by atoms with Crippen molar-refractivity contribution < 1.29 is 14.3 Å². The molecule has 1 N–H and O–H groups in total. The Morgan fingerprint density at radius 3 is 2.61 bits per heavy atom. The van der Waals surface area contributed by atoms with Gasteiger partial charge in [-0.1, -0.05) is 43.6 Å². The number of carbonyl (C=O) groups excluding carboxylic acids is 2. The molecule has 0 aliphatic carbocycles. The van der Waals surface area contributed by atoms with E-state index in [2.05, 4.69) is 10.3 Å². The van der Waals surface area contributed by atoms with Crippen molar-refractivity contribution in [2.24, 2.45) is 5.92 Å². The minimum atomic E-state index is -0.560. The van der Waals surface area contributed by atoms with E-state index in [4.69, 9.17) is 16.3 Å². The van der Waals surface area contributed by atoms with Crippen LogP contribution in [0.5, 0.6) is 0 Å². The van der Waals surface area contributed by atoms with E-state index in [0.29, 0.717) is 32.4 Å². The lowest BCUT2D eigenvalue weighted by atomic mass is 10.1. The fraction of sp³-hybridized carbons (Fsp3) is 0.286. The summed E-state index contributed by atoms with van der Waals surface area (Å²) in [4.78, 5) is 30.2. The summed E-state index contributed by atoms with van der Waals surface area (Å²) in [7, 11) is 0. The van der Waals surface area contributed by atoms with Crippen LogP contribution in [0.3, 0.4) is 0 Å². The Morgan fingerprint density at radius 1 is 1.18 bits per heavy atom. The number of carbonyl (C=O) groups is 2. The third-order valence-corrected chi connectivity index (χ3v) is 5.74. The Kier molecular flexibility index (Phi) is 6.31. The van der Waals surface area contributed by atoms with E-state index in [-0.39, 0.29) is 18.6 Å². The van der Waals surface area contributed by atoms with Crippen LogP contribution in [0.25, 0.3) is 21.5 Å². The molecule has 0 saturated heterocycles. The highest BCUT2D eigenvalue weighted by Crippen LogP contribution is 2.32. The number of thiophene rings is 1. The lowest BCUT2D eigenvalue weighted by Gasteiger charge is -2.17. The quantitative estimate of drug-likeness (QED) is 0.578. The van der Waals surface area contributed by atoms with Gasteiger partial charge < -0.3 is 10.1 Å². The lowest BCUT2D eigenvalue weighted by Crippen LogP contribution is -2.38. The van der Waals surface area contributed by atoms with Crippen molar-refractivity contribution in [2.75, 3.05) is 6.61 Å². The monoisotopic (exact) mass is 416 g/mol. The minimum absolute atomic E-state index is 0.00290. The number of hydrogen-bond donors (Lipinski definition) is 1. The third kappa shape index (κ3) is 4.69. The van der Waals surface area contributed by atoms with Crippen molar-refractivity contribution in [1.29, 1.82) is 0 Å². The highest BCUT2D eigenvalue weighted by Gasteiger charge is 2.18. The van der Waals surface area contributed by atoms with Crippen LogP contribution < -0.4 is 5.32 Å². The molecule has 1 aromatic carbocycles. The molecule has 2 aromatic heterocycles. The van der Waals surface area contributed by atoms with Crippen molar-refractivity contribution >= 4 is 45.7 Å². The first-order valence-corrected chi connectivity index (χ1v) is 10.2. The summed E-state index contributed by atoms with van der Waals surface area (Å²) < 4.78 is 5.92. The molecule has 0 saturated carbocycles. The van der Waals surface area contributed by atoms with Gasteiger partial charge in [-0.3, -0.25) is 4.79 Å². The van der Waals surface area contributed by atoms with Crippen molar-refractivity contribution in [3.63, 3.8) is 0 Å². The molecule has 0 fully saturated rings. The van der Waals surface area contributed by atoms with Gasteiger partial charge in [-0.25, -0.2) is 9.78 Å². The minimum Gasteiger partial charge on any atom is -0.452 e. The number of ether oxygens (including phenoxy) is 1. The third-order valence-electron chi connectivity index (χ3n) is 4.48. The highest BCUT2D eigenvalue weighted by atomic mass is 35.5. The first kappa shape index (κ1) is 20.3. The molecule has 0 unspecified atom stereocenters. The summed E-state index contributed by atoms with van der Waals surface area (Å²) in [5.74, 6) is -0.586. The molecule has 1 atom stereocenters. The molecule has 0 radical (unpaired) electrons. The number of halogens is 1. The second kappa shape index (κ2) is 8.71. The van der Waals surface area contributed by atoms with E-state index in [9.17, 15) is 9.59 Å². The molecule has 7 heteroatoms. The largest absolute Gasteiger partial charge is 0.452 e. The molecule has 0 aliphatic heterocycles. The Hall–Kier alpha value is -2.44. The maximum atomic E-state index is 12.7. The maximum Gasteiger partial charge on any atom is 0.339 e. The zero-order valence-corrected chi connectivity index (χ0v) is 17.4. The number of esters is 1. The number of benzene rings is 1. The predicted octanol–water partition coefficient (Wildman–Crippen LogP) is 4.93. The first-order chi connectivity index (χ1) is 13.3. The smallest absolute Gasteiger partial charge is 0.339 e. The van der Waals surface area contributed by atoms with Gasteiger partial charge in [-0.15, -0.1) is 11.3 Å². The topological polar surface area (TPSA) is 68.3 Å². The van der Waals surface area contributed by atoms with Gasteiger partial charge in [0, 0.05) is 11.4 Å². The molecule has 2 heterocycles. The summed E-state index contributed by atoms with van der Waals surface area (Å²) in [5.41, 5.74) is 1.68. The second-order valence-electron chi connectivity index (χ2n) is 6.85. The number of hydrogen-bond acceptors (Lipinski definition) is 5. The van der Waals surface area contributed by atoms with Crippen LogP contribution in [0.15, 0.2) is 42.5 Å². The number of para-hydroxylation sites is 1. The van der Waals surface area contributed by atoms with E-state index in [1.807, 2.05) is 51.1 Å². The van der Waals surface area contributed by atoms with Crippen LogP contribution in [-0.2, 0) is 9.53 Å². The van der Waals surface area contributed by atoms with E-state index in [0.717, 1.165) is 4.88 Å². The zero-order valence-electron chi connectivity index (χ0n) is 15.9. The molecule has 3 aromatic rings. The van der Waals surface area contributed by atoms with Crippen LogP contribution >= 0.6 is 22.9 Å². The summed E-state index contributed by atoms with van der Waals surface area (Å²) >= 11 is 7.42. The average molecular weight is 417 g/mol. The summed E-state index contributed by atoms with van der Waals surface area (Å²) in [6.07, 6.45) is 0. The summed E-state index contributed by atoms with van der Waals surface area (Å²) in [6, 6.07) is 12.7. The molecule has 0 spiro atoms. The number of fused-ring (bicyclic) bond motifs is 1. The molecular formula is C21H21ClN2O3S. The fourth-order valence-electron chi connectivity index (χ4n) is 2.59. The molecule has 5 nitrogen and oxygen atoms in total. The van der Waals surface area contributed by atoms with Crippen molar-refractivity contribution in [3.05, 3.63) is 52.4 Å². The van der Waals surface area contributed by atoms with Crippen LogP contribution in [0, 0.1) is 5.92 Å². The van der Waals surface area contributed by atoms with Crippen LogP contribution in [-0.4, -0.2) is 29.5 Å². The molecular weight excluding hydrogens is 396 g/mol. The Morgan fingerprint density at radius 2 is 1.93 bits per heavy atom. The predicted molar refractivity (Wildman–Crippen MR) is 113 cm³/mol. The Labute approximate surface area is 172 Å². The molecule has 28 heavy (non-hydrogen) atoms. The fourth-order valence-corrected chi connectivity index (χ4v) is 3.60. The van der Waals surface area contributed by atoms with Gasteiger partial charge in [0.05, 0.1) is 26.0 Å². The number of nitrogens with one attached hydrogen (secondary N) is 1. The number of pyridine rings is 1. The van der Waals surface area contributed by atoms with Gasteiger partial charge >= 0.3 is 5.97 Å². The highest BCUT2D eigenvalue weighted by molar-refractivity contribution is 7.19. The molecule has 146 valence electrons. The lowest BCUT2D eigenvalue weighted by molar-refractivity contribution is -0.125. The molecule has 0 bridgehead atoms. The SMILES string of the molecule is CC(C)[C@H](C)NC(=O)COC(=O)c1cc(-c2ccc(Cl)s2)nc2ccccc12. The van der Waals surface area contributed by atoms with Crippen molar-refractivity contribution in [2.45, 2.75) is 26.8 Å². The molecule has 0 aliphatic rings. The Balaban J connectivity index is 1.84. The molecule has 3 rings (SSSR count). The van der Waals surface area contributed by atoms with Gasteiger partial charge in [0.2, 0.25) is 0 Å². The summed E-state index contributed by atoms with van der Waals surface area (Å²) in [5, 5.41) is 3.50. The first-order valence-electron chi connectivity index (χ1n) is 8.97. The number of aromatic nitrogens is 1.